The predicted molar refractivity (Wildman–Crippen MR) is 98.7 cm³/mol. The van der Waals surface area contributed by atoms with Crippen molar-refractivity contribution in [3.05, 3.63) is 48.8 Å². The average molecular weight is 355 g/mol. The normalized spacial score (nSPS) is 10.7. The molecule has 0 fully saturated rings. The van der Waals surface area contributed by atoms with E-state index in [1.807, 2.05) is 30.5 Å². The fourth-order valence-electron chi connectivity index (χ4n) is 2.62. The maximum atomic E-state index is 12.1. The average Bonchev–Trinajstić information content (AvgIpc) is 3.09. The van der Waals surface area contributed by atoms with Crippen LogP contribution in [0.4, 0.5) is 5.69 Å². The summed E-state index contributed by atoms with van der Waals surface area (Å²) >= 11 is 0. The van der Waals surface area contributed by atoms with Crippen LogP contribution in [0.15, 0.2) is 48.8 Å². The van der Waals surface area contributed by atoms with Crippen LogP contribution in [0, 0.1) is 0 Å². The molecule has 0 aliphatic rings. The van der Waals surface area contributed by atoms with Gasteiger partial charge in [0.15, 0.2) is 6.61 Å². The van der Waals surface area contributed by atoms with Gasteiger partial charge in [0.25, 0.3) is 5.91 Å². The molecule has 3 aromatic rings. The van der Waals surface area contributed by atoms with E-state index in [4.69, 9.17) is 14.2 Å². The van der Waals surface area contributed by atoms with E-state index in [9.17, 15) is 4.79 Å². The van der Waals surface area contributed by atoms with Gasteiger partial charge in [-0.25, -0.2) is 4.98 Å². The van der Waals surface area contributed by atoms with E-state index in [0.29, 0.717) is 23.9 Å². The number of carbonyl (C=O) groups excluding carboxylic acids is 1. The van der Waals surface area contributed by atoms with Gasteiger partial charge < -0.3 is 24.1 Å². The Balaban J connectivity index is 1.63. The van der Waals surface area contributed by atoms with Crippen LogP contribution in [0.1, 0.15) is 0 Å². The first-order chi connectivity index (χ1) is 12.7. The van der Waals surface area contributed by atoms with Crippen molar-refractivity contribution >= 4 is 22.5 Å². The number of ether oxygens (including phenoxy) is 3. The maximum absolute atomic E-state index is 12.1. The van der Waals surface area contributed by atoms with Crippen molar-refractivity contribution in [3.8, 4) is 11.6 Å². The molecule has 3 rings (SSSR count). The van der Waals surface area contributed by atoms with E-state index >= 15 is 0 Å². The highest BCUT2D eigenvalue weighted by Gasteiger charge is 2.09. The number of nitrogens with one attached hydrogen (secondary N) is 1. The zero-order valence-corrected chi connectivity index (χ0v) is 14.8. The van der Waals surface area contributed by atoms with Crippen LogP contribution in [0.2, 0.25) is 0 Å². The highest BCUT2D eigenvalue weighted by Crippen LogP contribution is 2.26. The molecule has 0 saturated heterocycles. The zero-order valence-electron chi connectivity index (χ0n) is 14.8. The lowest BCUT2D eigenvalue weighted by atomic mass is 10.2. The molecule has 136 valence electrons. The first-order valence-corrected chi connectivity index (χ1v) is 8.20. The first-order valence-electron chi connectivity index (χ1n) is 8.20. The molecule has 7 heteroatoms. The second kappa shape index (κ2) is 8.35. The van der Waals surface area contributed by atoms with Gasteiger partial charge in [-0.2, -0.15) is 0 Å². The number of benzene rings is 1. The second-order valence-electron chi connectivity index (χ2n) is 5.62. The molecule has 2 aromatic heterocycles. The number of carbonyl (C=O) groups is 1. The summed E-state index contributed by atoms with van der Waals surface area (Å²) in [5.41, 5.74) is 1.63. The summed E-state index contributed by atoms with van der Waals surface area (Å²) in [7, 11) is 3.22. The molecule has 2 heterocycles. The van der Waals surface area contributed by atoms with Crippen LogP contribution in [-0.4, -0.2) is 42.9 Å². The molecular weight excluding hydrogens is 334 g/mol. The molecule has 0 aliphatic heterocycles. The van der Waals surface area contributed by atoms with Gasteiger partial charge in [-0.3, -0.25) is 4.79 Å². The van der Waals surface area contributed by atoms with Gasteiger partial charge in [0, 0.05) is 31.3 Å². The van der Waals surface area contributed by atoms with Crippen molar-refractivity contribution < 1.29 is 19.0 Å². The van der Waals surface area contributed by atoms with Crippen LogP contribution < -0.4 is 14.8 Å². The number of hydrogen-bond donors (Lipinski definition) is 1. The van der Waals surface area contributed by atoms with Crippen LogP contribution in [0.3, 0.4) is 0 Å². The molecular formula is C19H21N3O4. The predicted octanol–water partition coefficient (Wildman–Crippen LogP) is 2.71. The molecule has 26 heavy (non-hydrogen) atoms. The van der Waals surface area contributed by atoms with E-state index < -0.39 is 0 Å². The van der Waals surface area contributed by atoms with Gasteiger partial charge in [0.05, 0.1) is 31.1 Å². The molecule has 0 saturated carbocycles. The molecule has 7 nitrogen and oxygen atoms in total. The summed E-state index contributed by atoms with van der Waals surface area (Å²) in [4.78, 5) is 16.2. The van der Waals surface area contributed by atoms with Crippen molar-refractivity contribution in [1.29, 1.82) is 0 Å². The number of methoxy groups -OCH3 is 2. The summed E-state index contributed by atoms with van der Waals surface area (Å²) in [6.45, 7) is 1.30. The standard InChI is InChI=1S/C19H21N3O4/c1-24-11-10-22-9-8-15-16(22)4-3-5-17(15)26-13-18(23)21-14-6-7-19(25-2)20-12-14/h3-9,12H,10-11,13H2,1-2H3,(H,21,23). The monoisotopic (exact) mass is 355 g/mol. The van der Waals surface area contributed by atoms with E-state index in [-0.39, 0.29) is 12.5 Å². The van der Waals surface area contributed by atoms with Crippen LogP contribution in [-0.2, 0) is 16.1 Å². The molecule has 0 aliphatic carbocycles. The van der Waals surface area contributed by atoms with Crippen molar-refractivity contribution in [2.24, 2.45) is 0 Å². The third-order valence-electron chi connectivity index (χ3n) is 3.90. The first kappa shape index (κ1) is 17.8. The molecule has 0 radical (unpaired) electrons. The minimum absolute atomic E-state index is 0.0889. The third kappa shape index (κ3) is 4.12. The SMILES string of the molecule is COCCn1ccc2c(OCC(=O)Nc3ccc(OC)nc3)cccc21. The lowest BCUT2D eigenvalue weighted by Gasteiger charge is -2.10. The third-order valence-corrected chi connectivity index (χ3v) is 3.90. The molecule has 0 unspecified atom stereocenters. The maximum Gasteiger partial charge on any atom is 0.262 e. The quantitative estimate of drug-likeness (QED) is 0.672. The van der Waals surface area contributed by atoms with E-state index in [2.05, 4.69) is 14.9 Å². The van der Waals surface area contributed by atoms with Crippen LogP contribution >= 0.6 is 0 Å². The largest absolute Gasteiger partial charge is 0.483 e. The molecule has 1 N–H and O–H groups in total. The Bertz CT molecular complexity index is 874. The van der Waals surface area contributed by atoms with Crippen LogP contribution in [0.5, 0.6) is 11.6 Å². The summed E-state index contributed by atoms with van der Waals surface area (Å²) in [6.07, 6.45) is 3.52. The Kier molecular flexibility index (Phi) is 5.70. The summed E-state index contributed by atoms with van der Waals surface area (Å²) < 4.78 is 17.9. The Hall–Kier alpha value is -3.06. The van der Waals surface area contributed by atoms with Crippen molar-refractivity contribution in [2.45, 2.75) is 6.54 Å². The fourth-order valence-corrected chi connectivity index (χ4v) is 2.62. The van der Waals surface area contributed by atoms with Gasteiger partial charge in [0.2, 0.25) is 5.88 Å². The highest BCUT2D eigenvalue weighted by molar-refractivity contribution is 5.92. The van der Waals surface area contributed by atoms with Gasteiger partial charge in [-0.15, -0.1) is 0 Å². The summed E-state index contributed by atoms with van der Waals surface area (Å²) in [5, 5.41) is 3.70. The minimum Gasteiger partial charge on any atom is -0.483 e. The Morgan fingerprint density at radius 3 is 2.81 bits per heavy atom. The topological polar surface area (TPSA) is 74.6 Å². The number of aromatic nitrogens is 2. The summed E-state index contributed by atoms with van der Waals surface area (Å²) in [5.74, 6) is 0.901. The molecule has 1 aromatic carbocycles. The number of fused-ring (bicyclic) bond motifs is 1. The second-order valence-corrected chi connectivity index (χ2v) is 5.62. The lowest BCUT2D eigenvalue weighted by Crippen LogP contribution is -2.20. The number of amides is 1. The number of pyridine rings is 1. The molecule has 1 amide bonds. The Morgan fingerprint density at radius 1 is 1.19 bits per heavy atom. The number of rotatable bonds is 8. The number of anilines is 1. The van der Waals surface area contributed by atoms with Gasteiger partial charge >= 0.3 is 0 Å². The number of nitrogens with zero attached hydrogens (tertiary/aromatic N) is 2. The highest BCUT2D eigenvalue weighted by atomic mass is 16.5. The van der Waals surface area contributed by atoms with Gasteiger partial charge in [-0.05, 0) is 24.3 Å². The number of hydrogen-bond acceptors (Lipinski definition) is 5. The van der Waals surface area contributed by atoms with E-state index in [1.54, 1.807) is 19.2 Å². The van der Waals surface area contributed by atoms with Crippen LogP contribution in [0.25, 0.3) is 10.9 Å². The molecule has 0 spiro atoms. The van der Waals surface area contributed by atoms with Crippen molar-refractivity contribution in [3.63, 3.8) is 0 Å². The van der Waals surface area contributed by atoms with Gasteiger partial charge in [0.1, 0.15) is 5.75 Å². The summed E-state index contributed by atoms with van der Waals surface area (Å²) in [6, 6.07) is 11.2. The zero-order chi connectivity index (χ0) is 18.4. The Morgan fingerprint density at radius 2 is 2.08 bits per heavy atom. The smallest absolute Gasteiger partial charge is 0.262 e. The Labute approximate surface area is 151 Å². The minimum atomic E-state index is -0.257. The molecule has 0 bridgehead atoms. The van der Waals surface area contributed by atoms with Crippen molar-refractivity contribution in [1.82, 2.24) is 9.55 Å². The van der Waals surface area contributed by atoms with E-state index in [1.165, 1.54) is 13.3 Å². The van der Waals surface area contributed by atoms with Crippen molar-refractivity contribution in [2.75, 3.05) is 32.8 Å². The lowest BCUT2D eigenvalue weighted by molar-refractivity contribution is -0.118. The van der Waals surface area contributed by atoms with Gasteiger partial charge in [-0.1, -0.05) is 6.07 Å². The molecule has 0 atom stereocenters. The fraction of sp³-hybridized carbons (Fsp3) is 0.263. The van der Waals surface area contributed by atoms with E-state index in [0.717, 1.165) is 17.4 Å².